The molecule has 1 atom stereocenters. The summed E-state index contributed by atoms with van der Waals surface area (Å²) in [6.45, 7) is 3.84. The van der Waals surface area contributed by atoms with Crippen molar-refractivity contribution < 1.29 is 24.1 Å². The standard InChI is InChI=1S/C14H19BrO5/c1-5-8-7-9(11(16)14(17)20-6-2)13(19-4)10(15)12(8)18-3/h7,11,16H,5-6H2,1-4H3. The first-order valence-corrected chi connectivity index (χ1v) is 7.08. The third kappa shape index (κ3) is 3.24. The molecule has 0 radical (unpaired) electrons. The number of methoxy groups -OCH3 is 2. The maximum Gasteiger partial charge on any atom is 0.339 e. The summed E-state index contributed by atoms with van der Waals surface area (Å²) in [4.78, 5) is 11.7. The van der Waals surface area contributed by atoms with Crippen LogP contribution in [0, 0.1) is 0 Å². The van der Waals surface area contributed by atoms with E-state index >= 15 is 0 Å². The first-order valence-electron chi connectivity index (χ1n) is 6.29. The van der Waals surface area contributed by atoms with E-state index in [1.54, 1.807) is 20.1 Å². The van der Waals surface area contributed by atoms with Crippen molar-refractivity contribution in [3.8, 4) is 11.5 Å². The second-order valence-electron chi connectivity index (χ2n) is 4.01. The molecule has 0 fully saturated rings. The van der Waals surface area contributed by atoms with Gasteiger partial charge in [0.05, 0.1) is 20.8 Å². The lowest BCUT2D eigenvalue weighted by Crippen LogP contribution is -2.17. The van der Waals surface area contributed by atoms with Gasteiger partial charge in [-0.15, -0.1) is 0 Å². The lowest BCUT2D eigenvalue weighted by atomic mass is 10.0. The highest BCUT2D eigenvalue weighted by molar-refractivity contribution is 9.10. The van der Waals surface area contributed by atoms with Crippen LogP contribution in [0.5, 0.6) is 11.5 Å². The molecule has 6 heteroatoms. The van der Waals surface area contributed by atoms with Gasteiger partial charge in [0, 0.05) is 5.56 Å². The Bertz CT molecular complexity index is 487. The van der Waals surface area contributed by atoms with Crippen molar-refractivity contribution in [2.45, 2.75) is 26.4 Å². The van der Waals surface area contributed by atoms with Gasteiger partial charge < -0.3 is 19.3 Å². The third-order valence-electron chi connectivity index (χ3n) is 2.88. The van der Waals surface area contributed by atoms with Crippen LogP contribution in [0.3, 0.4) is 0 Å². The average molecular weight is 347 g/mol. The summed E-state index contributed by atoms with van der Waals surface area (Å²) in [6.07, 6.45) is -0.702. The molecule has 0 bridgehead atoms. The predicted molar refractivity (Wildman–Crippen MR) is 78.2 cm³/mol. The number of aliphatic hydroxyl groups excluding tert-OH is 1. The van der Waals surface area contributed by atoms with E-state index < -0.39 is 12.1 Å². The molecular weight excluding hydrogens is 328 g/mol. The monoisotopic (exact) mass is 346 g/mol. The number of carbonyl (C=O) groups excluding carboxylic acids is 1. The van der Waals surface area contributed by atoms with Crippen LogP contribution in [0.4, 0.5) is 0 Å². The van der Waals surface area contributed by atoms with Crippen LogP contribution < -0.4 is 9.47 Å². The number of hydrogen-bond acceptors (Lipinski definition) is 5. The molecule has 0 aromatic heterocycles. The minimum absolute atomic E-state index is 0.205. The van der Waals surface area contributed by atoms with E-state index in [0.29, 0.717) is 28.0 Å². The number of aliphatic hydroxyl groups is 1. The van der Waals surface area contributed by atoms with E-state index in [0.717, 1.165) is 5.56 Å². The summed E-state index contributed by atoms with van der Waals surface area (Å²) in [6, 6.07) is 1.70. The average Bonchev–Trinajstić information content (AvgIpc) is 2.45. The lowest BCUT2D eigenvalue weighted by Gasteiger charge is -2.19. The molecule has 0 aliphatic heterocycles. The molecule has 0 amide bonds. The van der Waals surface area contributed by atoms with Gasteiger partial charge in [0.2, 0.25) is 0 Å². The molecule has 1 unspecified atom stereocenters. The van der Waals surface area contributed by atoms with Gasteiger partial charge in [-0.3, -0.25) is 0 Å². The number of carbonyl (C=O) groups is 1. The highest BCUT2D eigenvalue weighted by Gasteiger charge is 2.27. The van der Waals surface area contributed by atoms with Gasteiger partial charge in [0.15, 0.2) is 6.10 Å². The van der Waals surface area contributed by atoms with Crippen molar-refractivity contribution in [1.82, 2.24) is 0 Å². The van der Waals surface area contributed by atoms with Crippen molar-refractivity contribution in [2.24, 2.45) is 0 Å². The second kappa shape index (κ2) is 7.50. The largest absolute Gasteiger partial charge is 0.495 e. The van der Waals surface area contributed by atoms with Crippen LogP contribution in [0.15, 0.2) is 10.5 Å². The molecular formula is C14H19BrO5. The summed E-state index contributed by atoms with van der Waals surface area (Å²) < 4.78 is 16.0. The minimum atomic E-state index is -1.39. The normalized spacial score (nSPS) is 11.9. The number of aryl methyl sites for hydroxylation is 1. The second-order valence-corrected chi connectivity index (χ2v) is 4.81. The van der Waals surface area contributed by atoms with E-state index in [1.165, 1.54) is 7.11 Å². The van der Waals surface area contributed by atoms with Crippen molar-refractivity contribution in [3.63, 3.8) is 0 Å². The molecule has 0 spiro atoms. The Morgan fingerprint density at radius 2 is 1.90 bits per heavy atom. The van der Waals surface area contributed by atoms with Gasteiger partial charge in [-0.2, -0.15) is 0 Å². The quantitative estimate of drug-likeness (QED) is 0.802. The van der Waals surface area contributed by atoms with E-state index in [4.69, 9.17) is 14.2 Å². The highest BCUT2D eigenvalue weighted by atomic mass is 79.9. The smallest absolute Gasteiger partial charge is 0.339 e. The zero-order valence-electron chi connectivity index (χ0n) is 12.0. The fourth-order valence-corrected chi connectivity index (χ4v) is 2.74. The van der Waals surface area contributed by atoms with Crippen molar-refractivity contribution in [2.75, 3.05) is 20.8 Å². The number of esters is 1. The molecule has 1 N–H and O–H groups in total. The van der Waals surface area contributed by atoms with Gasteiger partial charge >= 0.3 is 5.97 Å². The lowest BCUT2D eigenvalue weighted by molar-refractivity contribution is -0.153. The Labute approximate surface area is 127 Å². The summed E-state index contributed by atoms with van der Waals surface area (Å²) in [7, 11) is 3.02. The summed E-state index contributed by atoms with van der Waals surface area (Å²) in [5, 5.41) is 10.1. The molecule has 1 rings (SSSR count). The fourth-order valence-electron chi connectivity index (χ4n) is 1.93. The van der Waals surface area contributed by atoms with Crippen LogP contribution >= 0.6 is 15.9 Å². The van der Waals surface area contributed by atoms with Gasteiger partial charge in [-0.1, -0.05) is 6.92 Å². The van der Waals surface area contributed by atoms with Crippen molar-refractivity contribution in [1.29, 1.82) is 0 Å². The first-order chi connectivity index (χ1) is 9.51. The molecule has 0 aliphatic rings. The number of hydrogen-bond donors (Lipinski definition) is 1. The van der Waals surface area contributed by atoms with E-state index in [9.17, 15) is 9.90 Å². The molecule has 0 heterocycles. The van der Waals surface area contributed by atoms with Crippen LogP contribution in [-0.2, 0) is 16.0 Å². The van der Waals surface area contributed by atoms with Gasteiger partial charge in [-0.25, -0.2) is 4.79 Å². The number of rotatable bonds is 6. The molecule has 1 aromatic rings. The Morgan fingerprint density at radius 1 is 1.30 bits per heavy atom. The fraction of sp³-hybridized carbons (Fsp3) is 0.500. The predicted octanol–water partition coefficient (Wildman–Crippen LogP) is 2.63. The van der Waals surface area contributed by atoms with Crippen LogP contribution in [0.1, 0.15) is 31.1 Å². The number of halogens is 1. The molecule has 1 aromatic carbocycles. The van der Waals surface area contributed by atoms with E-state index in [-0.39, 0.29) is 6.61 Å². The number of ether oxygens (including phenoxy) is 3. The van der Waals surface area contributed by atoms with E-state index in [2.05, 4.69) is 15.9 Å². The minimum Gasteiger partial charge on any atom is -0.495 e. The Kier molecular flexibility index (Phi) is 6.29. The first kappa shape index (κ1) is 16.8. The molecule has 5 nitrogen and oxygen atoms in total. The van der Waals surface area contributed by atoms with E-state index in [1.807, 2.05) is 6.92 Å². The van der Waals surface area contributed by atoms with Gasteiger partial charge in [0.25, 0.3) is 0 Å². The molecule has 0 saturated carbocycles. The maximum absolute atomic E-state index is 11.7. The third-order valence-corrected chi connectivity index (χ3v) is 3.60. The van der Waals surface area contributed by atoms with Gasteiger partial charge in [-0.05, 0) is 40.9 Å². The zero-order valence-corrected chi connectivity index (χ0v) is 13.6. The summed E-state index contributed by atoms with van der Waals surface area (Å²) in [5.41, 5.74) is 1.22. The van der Waals surface area contributed by atoms with Crippen molar-refractivity contribution in [3.05, 3.63) is 21.7 Å². The van der Waals surface area contributed by atoms with Crippen LogP contribution in [0.25, 0.3) is 0 Å². The topological polar surface area (TPSA) is 65.0 Å². The Morgan fingerprint density at radius 3 is 2.35 bits per heavy atom. The highest BCUT2D eigenvalue weighted by Crippen LogP contribution is 2.42. The van der Waals surface area contributed by atoms with Crippen LogP contribution in [-0.4, -0.2) is 31.9 Å². The van der Waals surface area contributed by atoms with Crippen molar-refractivity contribution >= 4 is 21.9 Å². The summed E-state index contributed by atoms with van der Waals surface area (Å²) >= 11 is 3.39. The maximum atomic E-state index is 11.7. The molecule has 20 heavy (non-hydrogen) atoms. The SMILES string of the molecule is CCOC(=O)C(O)c1cc(CC)c(OC)c(Br)c1OC. The molecule has 0 saturated heterocycles. The number of benzene rings is 1. The summed E-state index contributed by atoms with van der Waals surface area (Å²) in [5.74, 6) is 0.286. The molecule has 0 aliphatic carbocycles. The van der Waals surface area contributed by atoms with Crippen LogP contribution in [0.2, 0.25) is 0 Å². The Balaban J connectivity index is 3.38. The zero-order chi connectivity index (χ0) is 15.3. The van der Waals surface area contributed by atoms with Gasteiger partial charge in [0.1, 0.15) is 16.0 Å². The molecule has 112 valence electrons. The Hall–Kier alpha value is -1.27.